The Labute approximate surface area is 92.2 Å². The summed E-state index contributed by atoms with van der Waals surface area (Å²) in [5.41, 5.74) is 0. The Morgan fingerprint density at radius 1 is 1.33 bits per heavy atom. The van der Waals surface area contributed by atoms with E-state index in [-0.39, 0.29) is 19.1 Å². The number of hydrogen-bond acceptors (Lipinski definition) is 4. The van der Waals surface area contributed by atoms with E-state index in [9.17, 15) is 4.79 Å². The van der Waals surface area contributed by atoms with Crippen LogP contribution in [0.4, 0.5) is 0 Å². The van der Waals surface area contributed by atoms with Crippen molar-refractivity contribution in [1.82, 2.24) is 4.90 Å². The molecule has 0 aromatic rings. The first-order valence-corrected chi connectivity index (χ1v) is 5.70. The number of rotatable bonds is 8. The van der Waals surface area contributed by atoms with Crippen molar-refractivity contribution in [2.24, 2.45) is 0 Å². The zero-order valence-corrected chi connectivity index (χ0v) is 10.0. The zero-order valence-electron chi connectivity index (χ0n) is 10.0. The molecule has 0 atom stereocenters. The van der Waals surface area contributed by atoms with Gasteiger partial charge in [0.25, 0.3) is 0 Å². The highest BCUT2D eigenvalue weighted by atomic mass is 16.5. The highest BCUT2D eigenvalue weighted by Crippen LogP contribution is 2.07. The summed E-state index contributed by atoms with van der Waals surface area (Å²) in [6, 6.07) is 0.349. The van der Waals surface area contributed by atoms with Crippen molar-refractivity contribution in [1.29, 1.82) is 0 Å². The van der Waals surface area contributed by atoms with Gasteiger partial charge in [-0.25, -0.2) is 0 Å². The molecule has 4 heteroatoms. The number of esters is 1. The van der Waals surface area contributed by atoms with Gasteiger partial charge in [-0.15, -0.1) is 0 Å². The maximum atomic E-state index is 11.3. The second-order valence-electron chi connectivity index (χ2n) is 3.47. The van der Waals surface area contributed by atoms with E-state index in [1.807, 2.05) is 4.90 Å². The third kappa shape index (κ3) is 5.74. The van der Waals surface area contributed by atoms with Crippen LogP contribution in [-0.2, 0) is 9.53 Å². The first-order valence-electron chi connectivity index (χ1n) is 5.70. The lowest BCUT2D eigenvalue weighted by Gasteiger charge is -2.28. The van der Waals surface area contributed by atoms with Gasteiger partial charge in [0.2, 0.25) is 0 Å². The van der Waals surface area contributed by atoms with Crippen LogP contribution in [0.15, 0.2) is 0 Å². The number of carbonyl (C=O) groups excluding carboxylic acids is 1. The van der Waals surface area contributed by atoms with Crippen molar-refractivity contribution in [2.45, 2.75) is 39.7 Å². The molecule has 0 radical (unpaired) electrons. The Bertz CT molecular complexity index is 169. The van der Waals surface area contributed by atoms with Crippen molar-refractivity contribution in [3.63, 3.8) is 0 Å². The zero-order chi connectivity index (χ0) is 11.7. The van der Waals surface area contributed by atoms with Gasteiger partial charge in [0.15, 0.2) is 0 Å². The molecule has 0 bridgehead atoms. The fourth-order valence-electron chi connectivity index (χ4n) is 1.70. The van der Waals surface area contributed by atoms with E-state index in [0.29, 0.717) is 19.2 Å². The topological polar surface area (TPSA) is 49.8 Å². The largest absolute Gasteiger partial charge is 0.465 e. The van der Waals surface area contributed by atoms with Crippen LogP contribution in [-0.4, -0.2) is 48.3 Å². The van der Waals surface area contributed by atoms with E-state index in [1.165, 1.54) is 0 Å². The molecule has 0 aromatic carbocycles. The second-order valence-corrected chi connectivity index (χ2v) is 3.47. The average molecular weight is 217 g/mol. The molecule has 15 heavy (non-hydrogen) atoms. The molecule has 0 unspecified atom stereocenters. The molecular formula is C11H23NO3. The molecule has 0 heterocycles. The van der Waals surface area contributed by atoms with E-state index >= 15 is 0 Å². The minimum atomic E-state index is -0.210. The van der Waals surface area contributed by atoms with Crippen molar-refractivity contribution in [2.75, 3.05) is 26.3 Å². The molecule has 0 saturated carbocycles. The van der Waals surface area contributed by atoms with Gasteiger partial charge in [-0.2, -0.15) is 0 Å². The minimum absolute atomic E-state index is 0.0793. The number of ether oxygens (including phenoxy) is 1. The van der Waals surface area contributed by atoms with Crippen LogP contribution in [0.5, 0.6) is 0 Å². The lowest BCUT2D eigenvalue weighted by molar-refractivity contribution is -0.145. The smallest absolute Gasteiger partial charge is 0.320 e. The van der Waals surface area contributed by atoms with Gasteiger partial charge in [0.05, 0.1) is 19.8 Å². The molecule has 90 valence electrons. The second kappa shape index (κ2) is 8.68. The Hall–Kier alpha value is -0.610. The maximum Gasteiger partial charge on any atom is 0.320 e. The van der Waals surface area contributed by atoms with Gasteiger partial charge in [-0.05, 0) is 19.8 Å². The summed E-state index contributed by atoms with van der Waals surface area (Å²) in [7, 11) is 0. The van der Waals surface area contributed by atoms with E-state index in [2.05, 4.69) is 13.8 Å². The Kier molecular flexibility index (Phi) is 8.33. The van der Waals surface area contributed by atoms with Crippen LogP contribution in [0.3, 0.4) is 0 Å². The summed E-state index contributed by atoms with van der Waals surface area (Å²) in [6.45, 7) is 7.27. The minimum Gasteiger partial charge on any atom is -0.465 e. The van der Waals surface area contributed by atoms with Gasteiger partial charge in [-0.3, -0.25) is 9.69 Å². The van der Waals surface area contributed by atoms with Gasteiger partial charge in [0, 0.05) is 12.6 Å². The average Bonchev–Trinajstić information content (AvgIpc) is 2.20. The summed E-state index contributed by atoms with van der Waals surface area (Å²) in [5, 5.41) is 8.93. The summed E-state index contributed by atoms with van der Waals surface area (Å²) in [5.74, 6) is -0.210. The lowest BCUT2D eigenvalue weighted by atomic mass is 10.1. The van der Waals surface area contributed by atoms with E-state index in [4.69, 9.17) is 9.84 Å². The van der Waals surface area contributed by atoms with Crippen LogP contribution in [0.2, 0.25) is 0 Å². The summed E-state index contributed by atoms with van der Waals surface area (Å²) >= 11 is 0. The van der Waals surface area contributed by atoms with Gasteiger partial charge < -0.3 is 9.84 Å². The number of nitrogens with zero attached hydrogens (tertiary/aromatic N) is 1. The molecule has 0 aliphatic carbocycles. The Morgan fingerprint density at radius 2 is 1.93 bits per heavy atom. The van der Waals surface area contributed by atoms with Crippen LogP contribution in [0.25, 0.3) is 0 Å². The van der Waals surface area contributed by atoms with Crippen LogP contribution in [0.1, 0.15) is 33.6 Å². The van der Waals surface area contributed by atoms with Gasteiger partial charge >= 0.3 is 5.97 Å². The van der Waals surface area contributed by atoms with Crippen molar-refractivity contribution >= 4 is 5.97 Å². The molecule has 0 aliphatic rings. The fraction of sp³-hybridized carbons (Fsp3) is 0.909. The van der Waals surface area contributed by atoms with E-state index in [1.54, 1.807) is 6.92 Å². The lowest BCUT2D eigenvalue weighted by Crippen LogP contribution is -2.40. The summed E-state index contributed by atoms with van der Waals surface area (Å²) < 4.78 is 4.90. The molecular weight excluding hydrogens is 194 g/mol. The fourth-order valence-corrected chi connectivity index (χ4v) is 1.70. The normalized spacial score (nSPS) is 11.1. The van der Waals surface area contributed by atoms with Gasteiger partial charge in [-0.1, -0.05) is 13.8 Å². The predicted octanol–water partition coefficient (Wildman–Crippen LogP) is 1.03. The highest BCUT2D eigenvalue weighted by Gasteiger charge is 2.17. The van der Waals surface area contributed by atoms with Crippen LogP contribution < -0.4 is 0 Å². The molecule has 1 N–H and O–H groups in total. The number of carbonyl (C=O) groups is 1. The predicted molar refractivity (Wildman–Crippen MR) is 59.7 cm³/mol. The van der Waals surface area contributed by atoms with Crippen LogP contribution in [0, 0.1) is 0 Å². The van der Waals surface area contributed by atoms with E-state index in [0.717, 1.165) is 12.8 Å². The molecule has 0 saturated heterocycles. The van der Waals surface area contributed by atoms with Crippen LogP contribution >= 0.6 is 0 Å². The molecule has 0 fully saturated rings. The molecule has 0 aliphatic heterocycles. The summed E-state index contributed by atoms with van der Waals surface area (Å²) in [6.07, 6.45) is 1.96. The standard InChI is InChI=1S/C11H23NO3/c1-4-10(5-2)12(7-8-13)9-11(14)15-6-3/h10,13H,4-9H2,1-3H3. The van der Waals surface area contributed by atoms with E-state index < -0.39 is 0 Å². The summed E-state index contributed by atoms with van der Waals surface area (Å²) in [4.78, 5) is 13.3. The quantitative estimate of drug-likeness (QED) is 0.617. The number of hydrogen-bond donors (Lipinski definition) is 1. The Morgan fingerprint density at radius 3 is 2.33 bits per heavy atom. The van der Waals surface area contributed by atoms with Crippen molar-refractivity contribution in [3.05, 3.63) is 0 Å². The highest BCUT2D eigenvalue weighted by molar-refractivity contribution is 5.71. The molecule has 0 rings (SSSR count). The monoisotopic (exact) mass is 217 g/mol. The molecule has 0 aromatic heterocycles. The van der Waals surface area contributed by atoms with Gasteiger partial charge in [0.1, 0.15) is 0 Å². The molecule has 4 nitrogen and oxygen atoms in total. The van der Waals surface area contributed by atoms with Crippen molar-refractivity contribution in [3.8, 4) is 0 Å². The first kappa shape index (κ1) is 14.4. The number of aliphatic hydroxyl groups is 1. The number of aliphatic hydroxyl groups excluding tert-OH is 1. The maximum absolute atomic E-state index is 11.3. The molecule has 0 spiro atoms. The Balaban J connectivity index is 4.18. The van der Waals surface area contributed by atoms with Crippen molar-refractivity contribution < 1.29 is 14.6 Å². The third-order valence-electron chi connectivity index (χ3n) is 2.48. The third-order valence-corrected chi connectivity index (χ3v) is 2.48. The SMILES string of the molecule is CCOC(=O)CN(CCO)C(CC)CC. The first-order chi connectivity index (χ1) is 7.19. The molecule has 0 amide bonds.